The Balaban J connectivity index is 0.000000671. The number of aromatic amines is 1. The first-order valence-electron chi connectivity index (χ1n) is 23.4. The van der Waals surface area contributed by atoms with Crippen LogP contribution >= 0.6 is 0 Å². The van der Waals surface area contributed by atoms with Gasteiger partial charge in [0.1, 0.15) is 11.9 Å². The minimum absolute atomic E-state index is 0.0560. The number of anilines is 3. The van der Waals surface area contributed by atoms with Crippen molar-refractivity contribution < 1.29 is 75.5 Å². The number of aliphatic hydroxyl groups is 1. The third-order valence-electron chi connectivity index (χ3n) is 11.8. The summed E-state index contributed by atoms with van der Waals surface area (Å²) >= 11 is 0. The van der Waals surface area contributed by atoms with Crippen LogP contribution in [0.15, 0.2) is 126 Å². The van der Waals surface area contributed by atoms with E-state index < -0.39 is 36.5 Å². The maximum atomic E-state index is 13.4. The number of nitrogens with zero attached hydrogens (tertiary/aromatic N) is 2. The van der Waals surface area contributed by atoms with Crippen molar-refractivity contribution in [2.75, 3.05) is 55.3 Å². The lowest BCUT2D eigenvalue weighted by molar-refractivity contribution is -0.193. The van der Waals surface area contributed by atoms with Crippen LogP contribution in [0.4, 0.5) is 48.2 Å². The molecule has 6 aromatic rings. The number of alkyl halides is 6. The number of aliphatic carboxylic acids is 2. The van der Waals surface area contributed by atoms with Crippen molar-refractivity contribution in [3.63, 3.8) is 0 Å². The molecule has 1 fully saturated rings. The lowest BCUT2D eigenvalue weighted by Crippen LogP contribution is -2.40. The van der Waals surface area contributed by atoms with E-state index in [-0.39, 0.29) is 35.8 Å². The number of carbonyl (C=O) groups excluding carboxylic acids is 3. The van der Waals surface area contributed by atoms with Crippen molar-refractivity contribution in [1.29, 1.82) is 0 Å². The number of benzene rings is 5. The van der Waals surface area contributed by atoms with Crippen LogP contribution in [-0.4, -0.2) is 118 Å². The predicted octanol–water partition coefficient (Wildman–Crippen LogP) is 8.66. The number of H-pyrrole nitrogens is 1. The number of piperidine rings is 1. The fourth-order valence-corrected chi connectivity index (χ4v) is 7.76. The number of ether oxygens (including phenoxy) is 1. The number of aryl methyl sites for hydroxylation is 1. The summed E-state index contributed by atoms with van der Waals surface area (Å²) in [4.78, 5) is 75.5. The Bertz CT molecular complexity index is 3000. The largest absolute Gasteiger partial charge is 0.506 e. The zero-order valence-electron chi connectivity index (χ0n) is 40.9. The van der Waals surface area contributed by atoms with E-state index in [1.807, 2.05) is 91.9 Å². The number of aromatic hydroxyl groups is 1. The van der Waals surface area contributed by atoms with Crippen LogP contribution in [0.3, 0.4) is 0 Å². The lowest BCUT2D eigenvalue weighted by Gasteiger charge is -2.32. The van der Waals surface area contributed by atoms with Crippen molar-refractivity contribution in [3.8, 4) is 16.9 Å². The van der Waals surface area contributed by atoms with Gasteiger partial charge in [-0.3, -0.25) is 19.7 Å². The van der Waals surface area contributed by atoms with E-state index in [0.29, 0.717) is 91.0 Å². The van der Waals surface area contributed by atoms with Gasteiger partial charge < -0.3 is 50.6 Å². The van der Waals surface area contributed by atoms with Crippen molar-refractivity contribution in [3.05, 3.63) is 154 Å². The smallest absolute Gasteiger partial charge is 0.490 e. The van der Waals surface area contributed by atoms with E-state index >= 15 is 0 Å². The monoisotopic (exact) mass is 1060 g/mol. The van der Waals surface area contributed by atoms with E-state index in [0.717, 1.165) is 22.3 Å². The molecule has 1 atom stereocenters. The molecule has 0 radical (unpaired) electrons. The number of hydrogen-bond acceptors (Lipinski definition) is 11. The second-order valence-electron chi connectivity index (χ2n) is 17.2. The number of aliphatic hydroxyl groups excluding tert-OH is 1. The topological polar surface area (TPSA) is 251 Å². The maximum Gasteiger partial charge on any atom is 0.490 e. The number of halogens is 6. The molecule has 1 aliphatic heterocycles. The zero-order chi connectivity index (χ0) is 55.7. The number of aromatic nitrogens is 1. The molecule has 1 saturated heterocycles. The number of amides is 3. The Hall–Kier alpha value is -8.28. The third-order valence-corrected chi connectivity index (χ3v) is 11.8. The second-order valence-corrected chi connectivity index (χ2v) is 17.2. The molecule has 7 rings (SSSR count). The van der Waals surface area contributed by atoms with E-state index in [1.165, 1.54) is 12.1 Å². The Kier molecular flexibility index (Phi) is 20.7. The number of phenolic OH excluding ortho intramolecular Hbond substituents is 1. The van der Waals surface area contributed by atoms with E-state index in [1.54, 1.807) is 36.2 Å². The van der Waals surface area contributed by atoms with E-state index in [2.05, 4.69) is 25.8 Å². The van der Waals surface area contributed by atoms with Gasteiger partial charge in [0.25, 0.3) is 5.91 Å². The number of carboxylic acids is 2. The summed E-state index contributed by atoms with van der Waals surface area (Å²) in [6.07, 6.45) is -9.38. The van der Waals surface area contributed by atoms with Gasteiger partial charge in [0.05, 0.1) is 17.3 Å². The van der Waals surface area contributed by atoms with Crippen LogP contribution in [0.25, 0.3) is 22.0 Å². The van der Waals surface area contributed by atoms with Gasteiger partial charge in [0.2, 0.25) is 11.5 Å². The highest BCUT2D eigenvalue weighted by molar-refractivity contribution is 6.06. The van der Waals surface area contributed by atoms with Crippen molar-refractivity contribution in [1.82, 2.24) is 15.2 Å². The summed E-state index contributed by atoms with van der Waals surface area (Å²) in [6, 6.07) is 36.5. The summed E-state index contributed by atoms with van der Waals surface area (Å²) in [6.45, 7) is 4.76. The normalized spacial score (nSPS) is 13.2. The van der Waals surface area contributed by atoms with Gasteiger partial charge in [-0.25, -0.2) is 14.4 Å². The molecule has 0 saturated carbocycles. The quantitative estimate of drug-likeness (QED) is 0.0355. The second kappa shape index (κ2) is 26.8. The predicted molar refractivity (Wildman–Crippen MR) is 270 cm³/mol. The van der Waals surface area contributed by atoms with Gasteiger partial charge >= 0.3 is 30.4 Å². The van der Waals surface area contributed by atoms with Gasteiger partial charge in [0.15, 0.2) is 0 Å². The minimum Gasteiger partial charge on any atom is -0.506 e. The van der Waals surface area contributed by atoms with Crippen LogP contribution in [0.5, 0.6) is 5.75 Å². The highest BCUT2D eigenvalue weighted by Crippen LogP contribution is 2.30. The van der Waals surface area contributed by atoms with Crippen molar-refractivity contribution in [2.24, 2.45) is 0 Å². The van der Waals surface area contributed by atoms with Gasteiger partial charge in [-0.05, 0) is 97.4 Å². The van der Waals surface area contributed by atoms with Gasteiger partial charge in [-0.2, -0.15) is 26.3 Å². The number of nitrogens with one attached hydrogen (secondary N) is 4. The molecule has 2 heterocycles. The van der Waals surface area contributed by atoms with Gasteiger partial charge in [-0.15, -0.1) is 0 Å². The van der Waals surface area contributed by atoms with E-state index in [4.69, 9.17) is 24.5 Å². The summed E-state index contributed by atoms with van der Waals surface area (Å²) in [7, 11) is 1.73. The molecular formula is C53H54F6N6O11. The molecule has 17 nitrogen and oxygen atoms in total. The van der Waals surface area contributed by atoms with Crippen LogP contribution < -0.4 is 26.4 Å². The Morgan fingerprint density at radius 3 is 2.05 bits per heavy atom. The Morgan fingerprint density at radius 2 is 1.42 bits per heavy atom. The number of rotatable bonds is 15. The molecular weight excluding hydrogens is 1010 g/mol. The van der Waals surface area contributed by atoms with Crippen LogP contribution in [0, 0.1) is 6.92 Å². The Labute approximate surface area is 430 Å². The average Bonchev–Trinajstić information content (AvgIpc) is 3.38. The lowest BCUT2D eigenvalue weighted by atomic mass is 10.0. The number of likely N-dealkylation sites (tertiary alicyclic amines) is 1. The summed E-state index contributed by atoms with van der Waals surface area (Å²) in [5.74, 6) is -5.92. The summed E-state index contributed by atoms with van der Waals surface area (Å²) < 4.78 is 69.3. The first-order valence-corrected chi connectivity index (χ1v) is 23.4. The molecule has 3 amide bonds. The molecule has 404 valence electrons. The molecule has 1 aromatic heterocycles. The number of phenols is 1. The van der Waals surface area contributed by atoms with Crippen LogP contribution in [0.2, 0.25) is 0 Å². The highest BCUT2D eigenvalue weighted by Gasteiger charge is 2.39. The molecule has 1 unspecified atom stereocenters. The minimum atomic E-state index is -5.08. The highest BCUT2D eigenvalue weighted by atomic mass is 19.4. The van der Waals surface area contributed by atoms with Crippen LogP contribution in [-0.2, 0) is 25.5 Å². The SMILES string of the molecule is Cc1ccc(C(=O)Nc2ccc(CCNCC(O)c3ccc(O)c4[nH]c(=O)ccc34)cc2)cc1N(C)C(=O)CCN1CCC(OC(=O)Nc2ccccc2-c2ccccc2)CC1.O=C(O)C(F)(F)F.O=C(O)C(F)(F)F. The zero-order valence-corrected chi connectivity index (χ0v) is 40.9. The van der Waals surface area contributed by atoms with E-state index in [9.17, 15) is 55.7 Å². The first-order chi connectivity index (χ1) is 35.9. The number of carboxylic acid groups (broad SMARTS) is 2. The van der Waals surface area contributed by atoms with Crippen molar-refractivity contribution >= 4 is 57.8 Å². The molecule has 23 heteroatoms. The number of para-hydroxylation sites is 1. The molecule has 76 heavy (non-hydrogen) atoms. The van der Waals surface area contributed by atoms with Gasteiger partial charge in [0, 0.05) is 73.6 Å². The third kappa shape index (κ3) is 17.4. The van der Waals surface area contributed by atoms with Crippen molar-refractivity contribution in [2.45, 2.75) is 57.2 Å². The van der Waals surface area contributed by atoms with Gasteiger partial charge in [-0.1, -0.05) is 72.8 Å². The maximum absolute atomic E-state index is 13.4. The summed E-state index contributed by atoms with van der Waals surface area (Å²) in [5.41, 5.74) is 6.82. The fraction of sp³-hybridized carbons (Fsp3) is 0.283. The summed E-state index contributed by atoms with van der Waals surface area (Å²) in [5, 5.41) is 44.9. The number of pyridine rings is 1. The first kappa shape index (κ1) is 58.6. The number of fused-ring (bicyclic) bond motifs is 1. The molecule has 0 spiro atoms. The molecule has 5 aromatic carbocycles. The standard InChI is InChI=1S/C49H52N6O7.2C2HF3O2/c1-32-12-15-35(48(60)51-36-16-13-33(14-17-36)22-26-50-31-44(57)39-18-20-43(56)47-40(39)19-21-45(58)53-47)30-42(32)54(2)46(59)25-29-55-27-23-37(24-28-55)62-49(61)52-41-11-7-6-10-38(41)34-8-4-3-5-9-34;2*3-2(4,5)1(6)7/h3-21,30,37,44,50,56-57H,22-29,31H2,1-2H3,(H,51,60)(H,52,61)(H,53,58);2*(H,6,7). The Morgan fingerprint density at radius 1 is 0.803 bits per heavy atom. The molecule has 0 aliphatic carbocycles. The molecule has 1 aliphatic rings. The average molecular weight is 1070 g/mol. The molecule has 0 bridgehead atoms. The fourth-order valence-electron chi connectivity index (χ4n) is 7.76. The number of hydrogen-bond donors (Lipinski definition) is 8. The molecule has 8 N–H and O–H groups in total. The van der Waals surface area contributed by atoms with Crippen LogP contribution in [0.1, 0.15) is 52.4 Å². The number of carbonyl (C=O) groups is 5.